The van der Waals surface area contributed by atoms with E-state index in [9.17, 15) is 9.18 Å². The number of hydrogen-bond donors (Lipinski definition) is 1. The van der Waals surface area contributed by atoms with E-state index in [1.165, 1.54) is 44.2 Å². The maximum atomic E-state index is 13.4. The van der Waals surface area contributed by atoms with E-state index >= 15 is 0 Å². The summed E-state index contributed by atoms with van der Waals surface area (Å²) in [5.74, 6) is 0.199. The van der Waals surface area contributed by atoms with Crippen molar-refractivity contribution in [2.45, 2.75) is 32.1 Å². The standard InChI is InChI=1S/C25H26FN3O/c26-22-14-11-20(12-15-22)25-21(18-29(28-25)23-9-5-2-6-10-23)13-16-24(30)27-17-19-7-3-1-4-8-19/h2,5-6,9-16,18-19H,1,3-4,7-8,17H2,(H,27,30)/b16-13+. The van der Waals surface area contributed by atoms with E-state index in [1.807, 2.05) is 36.5 Å². The second-order valence-corrected chi connectivity index (χ2v) is 7.80. The van der Waals surface area contributed by atoms with Gasteiger partial charge in [0.2, 0.25) is 5.91 Å². The summed E-state index contributed by atoms with van der Waals surface area (Å²) >= 11 is 0. The molecule has 4 nitrogen and oxygen atoms in total. The number of rotatable bonds is 6. The molecule has 4 rings (SSSR count). The van der Waals surface area contributed by atoms with Gasteiger partial charge in [-0.05, 0) is 61.2 Å². The third-order valence-electron chi connectivity index (χ3n) is 5.58. The molecule has 0 spiro atoms. The highest BCUT2D eigenvalue weighted by Gasteiger charge is 2.14. The van der Waals surface area contributed by atoms with Crippen LogP contribution in [-0.4, -0.2) is 22.2 Å². The summed E-state index contributed by atoms with van der Waals surface area (Å²) in [5, 5.41) is 7.71. The van der Waals surface area contributed by atoms with Crippen molar-refractivity contribution < 1.29 is 9.18 Å². The van der Waals surface area contributed by atoms with Crippen LogP contribution in [0.1, 0.15) is 37.7 Å². The van der Waals surface area contributed by atoms with Gasteiger partial charge >= 0.3 is 0 Å². The zero-order valence-electron chi connectivity index (χ0n) is 16.9. The van der Waals surface area contributed by atoms with E-state index in [0.29, 0.717) is 11.6 Å². The molecule has 30 heavy (non-hydrogen) atoms. The molecular formula is C25H26FN3O. The van der Waals surface area contributed by atoms with Crippen LogP contribution >= 0.6 is 0 Å². The number of benzene rings is 2. The second-order valence-electron chi connectivity index (χ2n) is 7.80. The number of carbonyl (C=O) groups is 1. The summed E-state index contributed by atoms with van der Waals surface area (Å²) < 4.78 is 15.1. The van der Waals surface area contributed by atoms with Gasteiger partial charge in [-0.1, -0.05) is 37.5 Å². The maximum absolute atomic E-state index is 13.4. The van der Waals surface area contributed by atoms with Crippen LogP contribution in [0.25, 0.3) is 23.0 Å². The molecule has 0 aliphatic heterocycles. The highest BCUT2D eigenvalue weighted by atomic mass is 19.1. The van der Waals surface area contributed by atoms with Crippen LogP contribution in [0.5, 0.6) is 0 Å². The fraction of sp³-hybridized carbons (Fsp3) is 0.280. The first kappa shape index (κ1) is 20.1. The minimum absolute atomic E-state index is 0.0990. The summed E-state index contributed by atoms with van der Waals surface area (Å²) in [5.41, 5.74) is 3.23. The Morgan fingerprint density at radius 1 is 1.07 bits per heavy atom. The summed E-state index contributed by atoms with van der Waals surface area (Å²) in [7, 11) is 0. The van der Waals surface area contributed by atoms with E-state index in [-0.39, 0.29) is 11.7 Å². The van der Waals surface area contributed by atoms with Crippen molar-refractivity contribution in [2.75, 3.05) is 6.54 Å². The number of nitrogens with zero attached hydrogens (tertiary/aromatic N) is 2. The summed E-state index contributed by atoms with van der Waals surface area (Å²) in [4.78, 5) is 12.4. The van der Waals surface area contributed by atoms with Crippen molar-refractivity contribution in [3.8, 4) is 16.9 Å². The third-order valence-corrected chi connectivity index (χ3v) is 5.58. The molecule has 1 aliphatic carbocycles. The number of hydrogen-bond acceptors (Lipinski definition) is 2. The van der Waals surface area contributed by atoms with Crippen LogP contribution in [0, 0.1) is 11.7 Å². The predicted octanol–water partition coefficient (Wildman–Crippen LogP) is 5.39. The number of amides is 1. The van der Waals surface area contributed by atoms with Crippen molar-refractivity contribution in [1.82, 2.24) is 15.1 Å². The summed E-state index contributed by atoms with van der Waals surface area (Å²) in [6, 6.07) is 16.0. The van der Waals surface area contributed by atoms with Crippen LogP contribution in [0.15, 0.2) is 66.9 Å². The average molecular weight is 404 g/mol. The molecule has 0 atom stereocenters. The molecule has 1 N–H and O–H groups in total. The fourth-order valence-corrected chi connectivity index (χ4v) is 3.91. The van der Waals surface area contributed by atoms with E-state index in [1.54, 1.807) is 29.0 Å². The smallest absolute Gasteiger partial charge is 0.244 e. The van der Waals surface area contributed by atoms with Gasteiger partial charge < -0.3 is 5.32 Å². The van der Waals surface area contributed by atoms with E-state index in [2.05, 4.69) is 10.4 Å². The van der Waals surface area contributed by atoms with Gasteiger partial charge in [0.1, 0.15) is 5.82 Å². The van der Waals surface area contributed by atoms with E-state index < -0.39 is 0 Å². The van der Waals surface area contributed by atoms with Gasteiger partial charge in [-0.2, -0.15) is 5.10 Å². The average Bonchev–Trinajstić information content (AvgIpc) is 3.22. The minimum atomic E-state index is -0.291. The van der Waals surface area contributed by atoms with Crippen LogP contribution in [0.3, 0.4) is 0 Å². The number of halogens is 1. The Morgan fingerprint density at radius 3 is 2.53 bits per heavy atom. The van der Waals surface area contributed by atoms with Gasteiger partial charge in [-0.3, -0.25) is 4.79 Å². The Labute approximate surface area is 176 Å². The zero-order valence-corrected chi connectivity index (χ0v) is 16.9. The van der Waals surface area contributed by atoms with Crippen molar-refractivity contribution in [3.63, 3.8) is 0 Å². The first-order valence-electron chi connectivity index (χ1n) is 10.6. The number of carbonyl (C=O) groups excluding carboxylic acids is 1. The number of para-hydroxylation sites is 1. The minimum Gasteiger partial charge on any atom is -0.352 e. The molecule has 1 heterocycles. The van der Waals surface area contributed by atoms with Crippen LogP contribution < -0.4 is 5.32 Å². The maximum Gasteiger partial charge on any atom is 0.244 e. The second kappa shape index (κ2) is 9.53. The van der Waals surface area contributed by atoms with Gasteiger partial charge in [-0.15, -0.1) is 0 Å². The summed E-state index contributed by atoms with van der Waals surface area (Å²) in [6.45, 7) is 0.733. The third kappa shape index (κ3) is 5.03. The molecule has 0 unspecified atom stereocenters. The Kier molecular flexibility index (Phi) is 6.38. The van der Waals surface area contributed by atoms with Gasteiger partial charge in [0.25, 0.3) is 0 Å². The SMILES string of the molecule is O=C(/C=C/c1cn(-c2ccccc2)nc1-c1ccc(F)cc1)NCC1CCCCC1. The van der Waals surface area contributed by atoms with Gasteiger partial charge in [-0.25, -0.2) is 9.07 Å². The molecule has 3 aromatic rings. The van der Waals surface area contributed by atoms with Crippen molar-refractivity contribution in [2.24, 2.45) is 5.92 Å². The lowest BCUT2D eigenvalue weighted by Gasteiger charge is -2.21. The molecule has 0 bridgehead atoms. The van der Waals surface area contributed by atoms with Crippen LogP contribution in [0.4, 0.5) is 4.39 Å². The zero-order chi connectivity index (χ0) is 20.8. The highest BCUT2D eigenvalue weighted by molar-refractivity contribution is 5.92. The normalized spacial score (nSPS) is 14.8. The molecule has 5 heteroatoms. The van der Waals surface area contributed by atoms with Crippen LogP contribution in [0.2, 0.25) is 0 Å². The Morgan fingerprint density at radius 2 is 1.80 bits per heavy atom. The molecule has 1 fully saturated rings. The van der Waals surface area contributed by atoms with Gasteiger partial charge in [0.15, 0.2) is 0 Å². The topological polar surface area (TPSA) is 46.9 Å². The van der Waals surface area contributed by atoms with Crippen molar-refractivity contribution in [1.29, 1.82) is 0 Å². The fourth-order valence-electron chi connectivity index (χ4n) is 3.91. The van der Waals surface area contributed by atoms with E-state index in [4.69, 9.17) is 0 Å². The van der Waals surface area contributed by atoms with Gasteiger partial charge in [0, 0.05) is 29.9 Å². The number of nitrogens with one attached hydrogen (secondary N) is 1. The lowest BCUT2D eigenvalue weighted by molar-refractivity contribution is -0.116. The molecule has 0 saturated heterocycles. The van der Waals surface area contributed by atoms with Gasteiger partial charge in [0.05, 0.1) is 11.4 Å². The quantitative estimate of drug-likeness (QED) is 0.561. The van der Waals surface area contributed by atoms with E-state index in [0.717, 1.165) is 23.4 Å². The first-order chi connectivity index (χ1) is 14.7. The molecule has 1 saturated carbocycles. The molecule has 1 amide bonds. The number of aromatic nitrogens is 2. The van der Waals surface area contributed by atoms with Crippen LogP contribution in [-0.2, 0) is 4.79 Å². The molecule has 1 aliphatic rings. The van der Waals surface area contributed by atoms with Crippen molar-refractivity contribution >= 4 is 12.0 Å². The Hall–Kier alpha value is -3.21. The highest BCUT2D eigenvalue weighted by Crippen LogP contribution is 2.25. The Bertz CT molecular complexity index is 1000. The largest absolute Gasteiger partial charge is 0.352 e. The molecule has 1 aromatic heterocycles. The predicted molar refractivity (Wildman–Crippen MR) is 118 cm³/mol. The molecule has 2 aromatic carbocycles. The lowest BCUT2D eigenvalue weighted by atomic mass is 9.89. The Balaban J connectivity index is 1.54. The first-order valence-corrected chi connectivity index (χ1v) is 10.6. The lowest BCUT2D eigenvalue weighted by Crippen LogP contribution is -2.28. The summed E-state index contributed by atoms with van der Waals surface area (Å²) in [6.07, 6.45) is 11.4. The molecular weight excluding hydrogens is 377 g/mol. The molecule has 154 valence electrons. The van der Waals surface area contributed by atoms with Crippen molar-refractivity contribution in [3.05, 3.63) is 78.3 Å². The monoisotopic (exact) mass is 403 g/mol. The molecule has 0 radical (unpaired) electrons.